The minimum Gasteiger partial charge on any atom is -0.369 e. The molecule has 2 aromatic rings. The van der Waals surface area contributed by atoms with Gasteiger partial charge >= 0.3 is 0 Å². The molecule has 19 heavy (non-hydrogen) atoms. The maximum atomic E-state index is 12.3. The minimum absolute atomic E-state index is 0.182. The Morgan fingerprint density at radius 2 is 2.00 bits per heavy atom. The highest BCUT2D eigenvalue weighted by Crippen LogP contribution is 2.14. The van der Waals surface area contributed by atoms with E-state index in [1.54, 1.807) is 18.1 Å². The predicted molar refractivity (Wildman–Crippen MR) is 75.4 cm³/mol. The number of hydrogen-bond acceptors (Lipinski definition) is 4. The number of hydrogen-bond donors (Lipinski definition) is 1. The fourth-order valence-corrected chi connectivity index (χ4v) is 1.68. The van der Waals surface area contributed by atoms with Crippen LogP contribution in [0.15, 0.2) is 42.7 Å². The Balaban J connectivity index is 2.22. The number of benzene rings is 1. The fourth-order valence-electron chi connectivity index (χ4n) is 1.68. The van der Waals surface area contributed by atoms with E-state index >= 15 is 0 Å². The Kier molecular flexibility index (Phi) is 4.07. The predicted octanol–water partition coefficient (Wildman–Crippen LogP) is 2.18. The zero-order chi connectivity index (χ0) is 13.7. The molecule has 0 bridgehead atoms. The van der Waals surface area contributed by atoms with Crippen molar-refractivity contribution in [2.75, 3.05) is 23.8 Å². The molecule has 0 aliphatic heterocycles. The molecule has 1 aromatic heterocycles. The fraction of sp³-hybridized carbons (Fsp3) is 0.214. The Morgan fingerprint density at radius 3 is 2.68 bits per heavy atom. The number of nitrogens with one attached hydrogen (secondary N) is 1. The number of nitrogens with zero attached hydrogens (tertiary/aromatic N) is 3. The summed E-state index contributed by atoms with van der Waals surface area (Å²) in [7, 11) is 1.72. The lowest BCUT2D eigenvalue weighted by Gasteiger charge is -2.16. The van der Waals surface area contributed by atoms with E-state index in [-0.39, 0.29) is 5.91 Å². The molecule has 1 aromatic carbocycles. The van der Waals surface area contributed by atoms with E-state index in [1.165, 1.54) is 6.20 Å². The summed E-state index contributed by atoms with van der Waals surface area (Å²) in [5.41, 5.74) is 1.15. The summed E-state index contributed by atoms with van der Waals surface area (Å²) in [4.78, 5) is 22.1. The van der Waals surface area contributed by atoms with Gasteiger partial charge < -0.3 is 10.2 Å². The van der Waals surface area contributed by atoms with Crippen molar-refractivity contribution in [3.05, 3.63) is 48.4 Å². The van der Waals surface area contributed by atoms with Gasteiger partial charge in [-0.25, -0.2) is 4.98 Å². The lowest BCUT2D eigenvalue weighted by atomic mass is 10.3. The summed E-state index contributed by atoms with van der Waals surface area (Å²) in [5, 5.41) is 3.04. The van der Waals surface area contributed by atoms with Gasteiger partial charge in [-0.05, 0) is 19.1 Å². The SMILES string of the molecule is CCNc1cncc(C(=O)N(C)c2ccccc2)n1. The zero-order valence-corrected chi connectivity index (χ0v) is 11.0. The molecule has 0 atom stereocenters. The van der Waals surface area contributed by atoms with Gasteiger partial charge in [0.2, 0.25) is 0 Å². The van der Waals surface area contributed by atoms with Gasteiger partial charge in [-0.3, -0.25) is 9.78 Å². The number of para-hydroxylation sites is 1. The number of aromatic nitrogens is 2. The van der Waals surface area contributed by atoms with Gasteiger partial charge in [-0.1, -0.05) is 18.2 Å². The van der Waals surface area contributed by atoms with Gasteiger partial charge in [0.05, 0.1) is 12.4 Å². The van der Waals surface area contributed by atoms with Crippen molar-refractivity contribution in [2.24, 2.45) is 0 Å². The average molecular weight is 256 g/mol. The largest absolute Gasteiger partial charge is 0.369 e. The molecule has 0 saturated carbocycles. The van der Waals surface area contributed by atoms with Crippen LogP contribution >= 0.6 is 0 Å². The molecule has 0 fully saturated rings. The lowest BCUT2D eigenvalue weighted by molar-refractivity contribution is 0.0988. The van der Waals surface area contributed by atoms with Crippen molar-refractivity contribution in [1.29, 1.82) is 0 Å². The van der Waals surface area contributed by atoms with Crippen LogP contribution in [0.1, 0.15) is 17.4 Å². The molecule has 1 N–H and O–H groups in total. The monoisotopic (exact) mass is 256 g/mol. The second-order valence-corrected chi connectivity index (χ2v) is 4.02. The van der Waals surface area contributed by atoms with E-state index in [2.05, 4.69) is 15.3 Å². The van der Waals surface area contributed by atoms with Crippen LogP contribution in [0.2, 0.25) is 0 Å². The Bertz CT molecular complexity index is 556. The van der Waals surface area contributed by atoms with Gasteiger partial charge in [0, 0.05) is 19.3 Å². The number of rotatable bonds is 4. The third-order valence-electron chi connectivity index (χ3n) is 2.66. The van der Waals surface area contributed by atoms with Crippen molar-refractivity contribution in [3.63, 3.8) is 0 Å². The topological polar surface area (TPSA) is 58.1 Å². The second kappa shape index (κ2) is 5.95. The van der Waals surface area contributed by atoms with Crippen LogP contribution in [0.25, 0.3) is 0 Å². The first-order chi connectivity index (χ1) is 9.22. The Labute approximate surface area is 112 Å². The maximum Gasteiger partial charge on any atom is 0.278 e. The highest BCUT2D eigenvalue weighted by Gasteiger charge is 2.15. The van der Waals surface area contributed by atoms with Gasteiger partial charge in [-0.2, -0.15) is 0 Å². The molecule has 0 unspecified atom stereocenters. The van der Waals surface area contributed by atoms with Crippen LogP contribution in [0, 0.1) is 0 Å². The molecule has 0 spiro atoms. The molecule has 0 aliphatic carbocycles. The lowest BCUT2D eigenvalue weighted by Crippen LogP contribution is -2.27. The van der Waals surface area contributed by atoms with Gasteiger partial charge in [0.15, 0.2) is 0 Å². The van der Waals surface area contributed by atoms with E-state index in [4.69, 9.17) is 0 Å². The van der Waals surface area contributed by atoms with Gasteiger partial charge in [-0.15, -0.1) is 0 Å². The molecule has 5 heteroatoms. The molecular formula is C14H16N4O. The van der Waals surface area contributed by atoms with Crippen molar-refractivity contribution in [3.8, 4) is 0 Å². The first-order valence-electron chi connectivity index (χ1n) is 6.11. The molecule has 0 aliphatic rings. The summed E-state index contributed by atoms with van der Waals surface area (Å²) in [6.07, 6.45) is 3.07. The van der Waals surface area contributed by atoms with Crippen LogP contribution in [0.4, 0.5) is 11.5 Å². The summed E-state index contributed by atoms with van der Waals surface area (Å²) in [5.74, 6) is 0.424. The van der Waals surface area contributed by atoms with Crippen LogP contribution < -0.4 is 10.2 Å². The molecule has 1 amide bonds. The van der Waals surface area contributed by atoms with E-state index in [1.807, 2.05) is 37.3 Å². The Morgan fingerprint density at radius 1 is 1.26 bits per heavy atom. The van der Waals surface area contributed by atoms with Crippen molar-refractivity contribution in [2.45, 2.75) is 6.92 Å². The summed E-state index contributed by atoms with van der Waals surface area (Å²) in [6.45, 7) is 2.70. The third kappa shape index (κ3) is 3.07. The number of anilines is 2. The Hall–Kier alpha value is -2.43. The third-order valence-corrected chi connectivity index (χ3v) is 2.66. The molecule has 0 saturated heterocycles. The molecule has 0 radical (unpaired) electrons. The molecule has 2 rings (SSSR count). The summed E-state index contributed by atoms with van der Waals surface area (Å²) >= 11 is 0. The zero-order valence-electron chi connectivity index (χ0n) is 11.0. The quantitative estimate of drug-likeness (QED) is 0.911. The smallest absolute Gasteiger partial charge is 0.278 e. The number of amides is 1. The second-order valence-electron chi connectivity index (χ2n) is 4.02. The van der Waals surface area contributed by atoms with Crippen LogP contribution in [-0.2, 0) is 0 Å². The van der Waals surface area contributed by atoms with E-state index in [9.17, 15) is 4.79 Å². The maximum absolute atomic E-state index is 12.3. The highest BCUT2D eigenvalue weighted by molar-refractivity contribution is 6.04. The van der Waals surface area contributed by atoms with Gasteiger partial charge in [0.1, 0.15) is 11.5 Å². The van der Waals surface area contributed by atoms with E-state index in [0.29, 0.717) is 11.5 Å². The van der Waals surface area contributed by atoms with Crippen LogP contribution in [-0.4, -0.2) is 29.5 Å². The number of carbonyl (C=O) groups excluding carboxylic acids is 1. The van der Waals surface area contributed by atoms with E-state index in [0.717, 1.165) is 12.2 Å². The molecule has 5 nitrogen and oxygen atoms in total. The van der Waals surface area contributed by atoms with Crippen LogP contribution in [0.5, 0.6) is 0 Å². The molecule has 1 heterocycles. The first kappa shape index (κ1) is 13.0. The number of carbonyl (C=O) groups is 1. The first-order valence-corrected chi connectivity index (χ1v) is 6.11. The van der Waals surface area contributed by atoms with Crippen molar-refractivity contribution >= 4 is 17.4 Å². The normalized spacial score (nSPS) is 10.0. The standard InChI is InChI=1S/C14H16N4O/c1-3-16-13-10-15-9-12(17-13)14(19)18(2)11-7-5-4-6-8-11/h4-10H,3H2,1-2H3,(H,16,17). The van der Waals surface area contributed by atoms with E-state index < -0.39 is 0 Å². The highest BCUT2D eigenvalue weighted by atomic mass is 16.2. The summed E-state index contributed by atoms with van der Waals surface area (Å²) < 4.78 is 0. The molecule has 98 valence electrons. The van der Waals surface area contributed by atoms with Crippen molar-refractivity contribution < 1.29 is 4.79 Å². The minimum atomic E-state index is -0.182. The summed E-state index contributed by atoms with van der Waals surface area (Å²) in [6, 6.07) is 9.44. The van der Waals surface area contributed by atoms with Gasteiger partial charge in [0.25, 0.3) is 5.91 Å². The average Bonchev–Trinajstić information content (AvgIpc) is 2.47. The van der Waals surface area contributed by atoms with Crippen LogP contribution in [0.3, 0.4) is 0 Å². The van der Waals surface area contributed by atoms with Crippen molar-refractivity contribution in [1.82, 2.24) is 9.97 Å². The molecular weight excluding hydrogens is 240 g/mol.